The summed E-state index contributed by atoms with van der Waals surface area (Å²) in [4.78, 5) is 4.13. The van der Waals surface area contributed by atoms with Crippen molar-refractivity contribution >= 4 is 15.8 Å². The molecule has 0 unspecified atom stereocenters. The molecule has 0 atom stereocenters. The zero-order valence-corrected chi connectivity index (χ0v) is 11.7. The van der Waals surface area contributed by atoms with Crippen molar-refractivity contribution in [2.75, 3.05) is 32.1 Å². The SMILES string of the molecule is CNc1ncccc1S(=O)(=O)NCCOCC1CC1. The van der Waals surface area contributed by atoms with Crippen LogP contribution in [0.1, 0.15) is 12.8 Å². The summed E-state index contributed by atoms with van der Waals surface area (Å²) in [5.74, 6) is 1.03. The second kappa shape index (κ2) is 6.31. The van der Waals surface area contributed by atoms with Gasteiger partial charge in [-0.25, -0.2) is 18.1 Å². The topological polar surface area (TPSA) is 80.3 Å². The van der Waals surface area contributed by atoms with E-state index in [-0.39, 0.29) is 11.4 Å². The largest absolute Gasteiger partial charge is 0.380 e. The summed E-state index contributed by atoms with van der Waals surface area (Å²) in [6, 6.07) is 3.12. The Morgan fingerprint density at radius 2 is 2.26 bits per heavy atom. The van der Waals surface area contributed by atoms with E-state index in [9.17, 15) is 8.42 Å². The zero-order valence-electron chi connectivity index (χ0n) is 10.9. The number of rotatable bonds is 8. The maximum atomic E-state index is 12.1. The van der Waals surface area contributed by atoms with Gasteiger partial charge in [-0.2, -0.15) is 0 Å². The van der Waals surface area contributed by atoms with Crippen molar-refractivity contribution in [2.45, 2.75) is 17.7 Å². The fourth-order valence-electron chi connectivity index (χ4n) is 1.66. The molecule has 1 aliphatic carbocycles. The fourth-order valence-corrected chi connectivity index (χ4v) is 2.83. The van der Waals surface area contributed by atoms with E-state index in [0.29, 0.717) is 18.3 Å². The summed E-state index contributed by atoms with van der Waals surface area (Å²) < 4.78 is 32.0. The summed E-state index contributed by atoms with van der Waals surface area (Å²) in [5.41, 5.74) is 0. The molecule has 0 spiro atoms. The fraction of sp³-hybridized carbons (Fsp3) is 0.583. The lowest BCUT2D eigenvalue weighted by Gasteiger charge is -2.10. The average Bonchev–Trinajstić information content (AvgIpc) is 3.22. The quantitative estimate of drug-likeness (QED) is 0.692. The van der Waals surface area contributed by atoms with Gasteiger partial charge in [0.15, 0.2) is 0 Å². The molecular weight excluding hydrogens is 266 g/mol. The Labute approximate surface area is 113 Å². The molecule has 0 amide bonds. The highest BCUT2D eigenvalue weighted by molar-refractivity contribution is 7.89. The molecule has 1 aliphatic rings. The van der Waals surface area contributed by atoms with Crippen molar-refractivity contribution in [3.8, 4) is 0 Å². The Morgan fingerprint density at radius 3 is 2.95 bits per heavy atom. The molecule has 1 aromatic rings. The van der Waals surface area contributed by atoms with Crippen LogP contribution in [0.25, 0.3) is 0 Å². The van der Waals surface area contributed by atoms with Crippen LogP contribution in [-0.4, -0.2) is 40.2 Å². The summed E-state index contributed by atoms with van der Waals surface area (Å²) in [6.07, 6.45) is 4.00. The number of ether oxygens (including phenoxy) is 1. The monoisotopic (exact) mass is 285 g/mol. The van der Waals surface area contributed by atoms with Crippen molar-refractivity contribution in [1.82, 2.24) is 9.71 Å². The van der Waals surface area contributed by atoms with Crippen LogP contribution >= 0.6 is 0 Å². The van der Waals surface area contributed by atoms with Gasteiger partial charge in [0.2, 0.25) is 10.0 Å². The van der Waals surface area contributed by atoms with E-state index < -0.39 is 10.0 Å². The molecule has 1 aromatic heterocycles. The molecule has 0 aliphatic heterocycles. The molecule has 7 heteroatoms. The third kappa shape index (κ3) is 4.15. The third-order valence-electron chi connectivity index (χ3n) is 2.89. The van der Waals surface area contributed by atoms with Gasteiger partial charge >= 0.3 is 0 Å². The molecule has 1 fully saturated rings. The van der Waals surface area contributed by atoms with Crippen LogP contribution in [0.2, 0.25) is 0 Å². The molecule has 0 aromatic carbocycles. The number of nitrogens with one attached hydrogen (secondary N) is 2. The van der Waals surface area contributed by atoms with Crippen molar-refractivity contribution < 1.29 is 13.2 Å². The van der Waals surface area contributed by atoms with Gasteiger partial charge in [0.25, 0.3) is 0 Å². The molecule has 6 nitrogen and oxygen atoms in total. The number of hydrogen-bond acceptors (Lipinski definition) is 5. The number of nitrogens with zero attached hydrogens (tertiary/aromatic N) is 1. The van der Waals surface area contributed by atoms with Crippen LogP contribution < -0.4 is 10.0 Å². The minimum absolute atomic E-state index is 0.152. The maximum absolute atomic E-state index is 12.1. The van der Waals surface area contributed by atoms with E-state index in [1.807, 2.05) is 0 Å². The first-order valence-corrected chi connectivity index (χ1v) is 7.82. The summed E-state index contributed by atoms with van der Waals surface area (Å²) in [6.45, 7) is 1.40. The van der Waals surface area contributed by atoms with Crippen LogP contribution in [0.5, 0.6) is 0 Å². The normalized spacial score (nSPS) is 15.4. The molecule has 1 heterocycles. The number of pyridine rings is 1. The van der Waals surface area contributed by atoms with E-state index in [2.05, 4.69) is 15.0 Å². The number of aromatic nitrogens is 1. The molecule has 19 heavy (non-hydrogen) atoms. The lowest BCUT2D eigenvalue weighted by molar-refractivity contribution is 0.129. The molecule has 2 rings (SSSR count). The average molecular weight is 285 g/mol. The highest BCUT2D eigenvalue weighted by Gasteiger charge is 2.21. The predicted molar refractivity (Wildman–Crippen MR) is 72.5 cm³/mol. The second-order valence-electron chi connectivity index (χ2n) is 4.52. The molecule has 2 N–H and O–H groups in total. The smallest absolute Gasteiger partial charge is 0.244 e. The van der Waals surface area contributed by atoms with Gasteiger partial charge in [-0.05, 0) is 30.9 Å². The van der Waals surface area contributed by atoms with Crippen LogP contribution in [0.15, 0.2) is 23.2 Å². The maximum Gasteiger partial charge on any atom is 0.244 e. The van der Waals surface area contributed by atoms with Gasteiger partial charge in [0.1, 0.15) is 10.7 Å². The molecule has 0 bridgehead atoms. The Hall–Kier alpha value is -1.18. The van der Waals surface area contributed by atoms with Crippen LogP contribution in [0.4, 0.5) is 5.82 Å². The minimum Gasteiger partial charge on any atom is -0.380 e. The van der Waals surface area contributed by atoms with Gasteiger partial charge in [0.05, 0.1) is 6.61 Å². The van der Waals surface area contributed by atoms with E-state index in [4.69, 9.17) is 4.74 Å². The minimum atomic E-state index is -3.54. The van der Waals surface area contributed by atoms with Gasteiger partial charge in [0, 0.05) is 26.4 Å². The van der Waals surface area contributed by atoms with Gasteiger partial charge in [-0.1, -0.05) is 0 Å². The van der Waals surface area contributed by atoms with Gasteiger partial charge < -0.3 is 10.1 Å². The first kappa shape index (κ1) is 14.2. The highest BCUT2D eigenvalue weighted by Crippen LogP contribution is 2.28. The highest BCUT2D eigenvalue weighted by atomic mass is 32.2. The molecule has 1 saturated carbocycles. The van der Waals surface area contributed by atoms with Crippen molar-refractivity contribution in [3.05, 3.63) is 18.3 Å². The first-order chi connectivity index (χ1) is 9.13. The Bertz CT molecular complexity index is 515. The molecule has 0 saturated heterocycles. The van der Waals surface area contributed by atoms with Gasteiger partial charge in [-0.3, -0.25) is 0 Å². The summed E-state index contributed by atoms with van der Waals surface area (Å²) in [7, 11) is -1.90. The Balaban J connectivity index is 1.86. The number of sulfonamides is 1. The van der Waals surface area contributed by atoms with E-state index >= 15 is 0 Å². The lowest BCUT2D eigenvalue weighted by Crippen LogP contribution is -2.28. The lowest BCUT2D eigenvalue weighted by atomic mass is 10.5. The zero-order chi connectivity index (χ0) is 13.7. The predicted octanol–water partition coefficient (Wildman–Crippen LogP) is 0.828. The Kier molecular flexibility index (Phi) is 4.73. The molecule has 0 radical (unpaired) electrons. The van der Waals surface area contributed by atoms with E-state index in [1.165, 1.54) is 18.9 Å². The van der Waals surface area contributed by atoms with Crippen molar-refractivity contribution in [2.24, 2.45) is 5.92 Å². The molecule has 106 valence electrons. The number of anilines is 1. The first-order valence-electron chi connectivity index (χ1n) is 6.33. The standard InChI is InChI=1S/C12H19N3O3S/c1-13-12-11(3-2-6-14-12)19(16,17)15-7-8-18-9-10-4-5-10/h2-3,6,10,15H,4-5,7-9H2,1H3,(H,13,14). The van der Waals surface area contributed by atoms with Crippen LogP contribution in [0, 0.1) is 5.92 Å². The van der Waals surface area contributed by atoms with Crippen molar-refractivity contribution in [3.63, 3.8) is 0 Å². The van der Waals surface area contributed by atoms with Crippen LogP contribution in [-0.2, 0) is 14.8 Å². The third-order valence-corrected chi connectivity index (χ3v) is 4.38. The molecular formula is C12H19N3O3S. The van der Waals surface area contributed by atoms with Crippen molar-refractivity contribution in [1.29, 1.82) is 0 Å². The second-order valence-corrected chi connectivity index (χ2v) is 6.25. The number of hydrogen-bond donors (Lipinski definition) is 2. The van der Waals surface area contributed by atoms with E-state index in [1.54, 1.807) is 19.3 Å². The van der Waals surface area contributed by atoms with Gasteiger partial charge in [-0.15, -0.1) is 0 Å². The Morgan fingerprint density at radius 1 is 1.47 bits per heavy atom. The van der Waals surface area contributed by atoms with Crippen LogP contribution in [0.3, 0.4) is 0 Å². The van der Waals surface area contributed by atoms with E-state index in [0.717, 1.165) is 6.61 Å². The summed E-state index contributed by atoms with van der Waals surface area (Å²) in [5, 5.41) is 2.76. The summed E-state index contributed by atoms with van der Waals surface area (Å²) >= 11 is 0.